The maximum Gasteiger partial charge on any atom is 0.327 e. The summed E-state index contributed by atoms with van der Waals surface area (Å²) in [5.74, 6) is 0.102. The topological polar surface area (TPSA) is 94.8 Å². The van der Waals surface area contributed by atoms with E-state index in [9.17, 15) is 14.4 Å². The van der Waals surface area contributed by atoms with Crippen LogP contribution in [-0.2, 0) is 4.79 Å². The lowest BCUT2D eigenvalue weighted by Crippen LogP contribution is -2.36. The maximum atomic E-state index is 13.2. The van der Waals surface area contributed by atoms with Crippen molar-refractivity contribution in [2.75, 3.05) is 5.32 Å². The predicted octanol–water partition coefficient (Wildman–Crippen LogP) is 3.45. The largest absolute Gasteiger partial charge is 0.344 e. The molecule has 0 saturated heterocycles. The van der Waals surface area contributed by atoms with E-state index in [4.69, 9.17) is 0 Å². The molecule has 3 aromatic rings. The van der Waals surface area contributed by atoms with Crippen molar-refractivity contribution >= 4 is 34.3 Å². The fourth-order valence-electron chi connectivity index (χ4n) is 4.17. The quantitative estimate of drug-likeness (QED) is 0.602. The average Bonchev–Trinajstić information content (AvgIpc) is 3.31. The predicted molar refractivity (Wildman–Crippen MR) is 111 cm³/mol. The van der Waals surface area contributed by atoms with Crippen LogP contribution in [-0.4, -0.2) is 15.8 Å². The second kappa shape index (κ2) is 6.42. The molecule has 0 bridgehead atoms. The lowest BCUT2D eigenvalue weighted by Gasteiger charge is -2.34. The van der Waals surface area contributed by atoms with Gasteiger partial charge in [-0.25, -0.2) is 4.79 Å². The Labute approximate surface area is 168 Å². The number of fused-ring (bicyclic) bond motifs is 1. The van der Waals surface area contributed by atoms with Gasteiger partial charge in [-0.1, -0.05) is 6.07 Å². The zero-order chi connectivity index (χ0) is 19.4. The number of carbonyl (C=O) groups excluding carboxylic acids is 1. The number of carbonyl (C=O) groups is 1. The van der Waals surface area contributed by atoms with Crippen molar-refractivity contribution in [1.82, 2.24) is 9.97 Å². The fraction of sp³-hybridized carbons (Fsp3) is 0.250. The summed E-state index contributed by atoms with van der Waals surface area (Å²) >= 11 is 3.22. The van der Waals surface area contributed by atoms with E-state index in [2.05, 4.69) is 21.4 Å². The first kappa shape index (κ1) is 17.4. The molecule has 4 heterocycles. The first-order valence-corrected chi connectivity index (χ1v) is 10.7. The van der Waals surface area contributed by atoms with Crippen LogP contribution >= 0.6 is 22.7 Å². The van der Waals surface area contributed by atoms with Gasteiger partial charge in [-0.15, -0.1) is 22.7 Å². The highest BCUT2D eigenvalue weighted by atomic mass is 32.1. The summed E-state index contributed by atoms with van der Waals surface area (Å²) in [5.41, 5.74) is 0.850. The SMILES string of the molecule is Cc1ccc([C@@H]2C3=C(C[C@H](c4cccs4)CC3=O)Nc3[nH]c(=O)[nH]c(=O)c32)s1. The minimum atomic E-state index is -0.557. The molecule has 0 spiro atoms. The monoisotopic (exact) mass is 411 g/mol. The lowest BCUT2D eigenvalue weighted by atomic mass is 9.75. The van der Waals surface area contributed by atoms with Crippen molar-refractivity contribution in [3.63, 3.8) is 0 Å². The molecular weight excluding hydrogens is 394 g/mol. The third-order valence-corrected chi connectivity index (χ3v) is 7.43. The molecule has 2 atom stereocenters. The molecular formula is C20H17N3O3S2. The van der Waals surface area contributed by atoms with Gasteiger partial charge in [0.2, 0.25) is 0 Å². The van der Waals surface area contributed by atoms with Gasteiger partial charge in [0.05, 0.1) is 11.5 Å². The third-order valence-electron chi connectivity index (χ3n) is 5.33. The van der Waals surface area contributed by atoms with Gasteiger partial charge in [-0.2, -0.15) is 0 Å². The maximum absolute atomic E-state index is 13.2. The fourth-order valence-corrected chi connectivity index (χ4v) is 6.00. The zero-order valence-electron chi connectivity index (χ0n) is 15.0. The van der Waals surface area contributed by atoms with Gasteiger partial charge in [0, 0.05) is 38.2 Å². The smallest absolute Gasteiger partial charge is 0.327 e. The highest BCUT2D eigenvalue weighted by Gasteiger charge is 2.40. The molecule has 6 nitrogen and oxygen atoms in total. The van der Waals surface area contributed by atoms with Crippen LogP contribution in [0.5, 0.6) is 0 Å². The number of anilines is 1. The van der Waals surface area contributed by atoms with Crippen molar-refractivity contribution in [3.8, 4) is 0 Å². The van der Waals surface area contributed by atoms with Gasteiger partial charge in [0.25, 0.3) is 5.56 Å². The van der Waals surface area contributed by atoms with Crippen LogP contribution in [0.2, 0.25) is 0 Å². The van der Waals surface area contributed by atoms with Gasteiger partial charge >= 0.3 is 5.69 Å². The standard InChI is InChI=1S/C20H17N3O3S2/c1-9-4-5-14(28-9)16-15-11(21-18-17(16)19(25)23-20(26)22-18)7-10(8-12(15)24)13-3-2-6-27-13/h2-6,10,16H,7-8H2,1H3,(H3,21,22,23,25,26)/t10-,16+/m0/s1. The van der Waals surface area contributed by atoms with Crippen LogP contribution in [0.4, 0.5) is 5.82 Å². The van der Waals surface area contributed by atoms with Gasteiger partial charge in [0.1, 0.15) is 5.82 Å². The minimum Gasteiger partial charge on any atom is -0.344 e. The number of thiophene rings is 2. The summed E-state index contributed by atoms with van der Waals surface area (Å²) in [6.45, 7) is 2.00. The molecule has 0 aromatic carbocycles. The second-order valence-electron chi connectivity index (χ2n) is 7.14. The molecule has 2 aliphatic rings. The van der Waals surface area contributed by atoms with Crippen molar-refractivity contribution < 1.29 is 4.79 Å². The Kier molecular flexibility index (Phi) is 3.99. The molecule has 0 amide bonds. The Hall–Kier alpha value is -2.71. The first-order chi connectivity index (χ1) is 13.5. The van der Waals surface area contributed by atoms with E-state index in [0.29, 0.717) is 29.8 Å². The molecule has 0 saturated carbocycles. The number of aromatic amines is 2. The van der Waals surface area contributed by atoms with Crippen LogP contribution in [0.25, 0.3) is 0 Å². The number of Topliss-reactive ketones (excluding diaryl/α,β-unsaturated/α-hetero) is 1. The molecule has 0 fully saturated rings. The number of rotatable bonds is 2. The summed E-state index contributed by atoms with van der Waals surface area (Å²) in [6, 6.07) is 8.00. The molecule has 1 aliphatic heterocycles. The van der Waals surface area contributed by atoms with E-state index in [-0.39, 0.29) is 11.7 Å². The summed E-state index contributed by atoms with van der Waals surface area (Å²) in [7, 11) is 0. The van der Waals surface area contributed by atoms with E-state index in [0.717, 1.165) is 15.5 Å². The van der Waals surface area contributed by atoms with E-state index < -0.39 is 17.2 Å². The number of nitrogens with one attached hydrogen (secondary N) is 3. The summed E-state index contributed by atoms with van der Waals surface area (Å²) in [6.07, 6.45) is 1.11. The third kappa shape index (κ3) is 2.71. The van der Waals surface area contributed by atoms with Crippen LogP contribution in [0, 0.1) is 6.92 Å². The van der Waals surface area contributed by atoms with Crippen LogP contribution in [0.1, 0.15) is 44.9 Å². The molecule has 0 radical (unpaired) electrons. The van der Waals surface area contributed by atoms with Crippen molar-refractivity contribution in [2.45, 2.75) is 31.6 Å². The summed E-state index contributed by atoms with van der Waals surface area (Å²) in [4.78, 5) is 46.0. The molecule has 8 heteroatoms. The summed E-state index contributed by atoms with van der Waals surface area (Å²) < 4.78 is 0. The number of H-pyrrole nitrogens is 2. The number of ketones is 1. The molecule has 5 rings (SSSR count). The number of aryl methyl sites for hydroxylation is 1. The van der Waals surface area contributed by atoms with Crippen molar-refractivity contribution in [3.05, 3.63) is 81.9 Å². The van der Waals surface area contributed by atoms with E-state index in [1.54, 1.807) is 22.7 Å². The minimum absolute atomic E-state index is 0.0550. The summed E-state index contributed by atoms with van der Waals surface area (Å²) in [5, 5.41) is 5.22. The Bertz CT molecular complexity index is 1230. The molecule has 0 unspecified atom stereocenters. The Morgan fingerprint density at radius 2 is 1.89 bits per heavy atom. The highest BCUT2D eigenvalue weighted by molar-refractivity contribution is 7.12. The highest BCUT2D eigenvalue weighted by Crippen LogP contribution is 2.47. The number of aromatic nitrogens is 2. The normalized spacial score (nSPS) is 21.2. The molecule has 3 N–H and O–H groups in total. The number of hydrogen-bond donors (Lipinski definition) is 3. The first-order valence-electron chi connectivity index (χ1n) is 9.00. The molecule has 28 heavy (non-hydrogen) atoms. The van der Waals surface area contributed by atoms with Gasteiger partial charge in [-0.3, -0.25) is 19.6 Å². The number of allylic oxidation sites excluding steroid dienone is 2. The van der Waals surface area contributed by atoms with E-state index in [1.165, 1.54) is 4.88 Å². The van der Waals surface area contributed by atoms with Crippen LogP contribution in [0.3, 0.4) is 0 Å². The van der Waals surface area contributed by atoms with Gasteiger partial charge < -0.3 is 5.32 Å². The average molecular weight is 412 g/mol. The number of hydrogen-bond acceptors (Lipinski definition) is 6. The van der Waals surface area contributed by atoms with E-state index >= 15 is 0 Å². The van der Waals surface area contributed by atoms with Gasteiger partial charge in [0.15, 0.2) is 5.78 Å². The Morgan fingerprint density at radius 3 is 2.61 bits per heavy atom. The lowest BCUT2D eigenvalue weighted by molar-refractivity contribution is -0.116. The second-order valence-corrected chi connectivity index (χ2v) is 9.44. The molecule has 1 aliphatic carbocycles. The molecule has 142 valence electrons. The van der Waals surface area contributed by atoms with Crippen molar-refractivity contribution in [2.24, 2.45) is 0 Å². The van der Waals surface area contributed by atoms with Crippen molar-refractivity contribution in [1.29, 1.82) is 0 Å². The molecule has 3 aromatic heterocycles. The van der Waals surface area contributed by atoms with E-state index in [1.807, 2.05) is 30.5 Å². The Balaban J connectivity index is 1.70. The van der Waals surface area contributed by atoms with Crippen LogP contribution in [0.15, 0.2) is 50.5 Å². The Morgan fingerprint density at radius 1 is 1.04 bits per heavy atom. The van der Waals surface area contributed by atoms with Gasteiger partial charge in [-0.05, 0) is 36.9 Å². The zero-order valence-corrected chi connectivity index (χ0v) is 16.6. The van der Waals surface area contributed by atoms with Crippen LogP contribution < -0.4 is 16.6 Å².